The van der Waals surface area contributed by atoms with Crippen LogP contribution in [0.1, 0.15) is 30.0 Å². The molecule has 1 aromatic heterocycles. The summed E-state index contributed by atoms with van der Waals surface area (Å²) < 4.78 is 7.33. The van der Waals surface area contributed by atoms with E-state index in [-0.39, 0.29) is 12.2 Å². The van der Waals surface area contributed by atoms with Gasteiger partial charge in [0.1, 0.15) is 24.2 Å². The van der Waals surface area contributed by atoms with Crippen LogP contribution >= 0.6 is 0 Å². The zero-order chi connectivity index (χ0) is 14.5. The lowest BCUT2D eigenvalue weighted by atomic mass is 10.2. The Kier molecular flexibility index (Phi) is 4.34. The molecule has 0 aliphatic heterocycles. The summed E-state index contributed by atoms with van der Waals surface area (Å²) in [6, 6.07) is 6.54. The van der Waals surface area contributed by atoms with Crippen LogP contribution in [0.4, 0.5) is 0 Å². The molecule has 20 heavy (non-hydrogen) atoms. The molecule has 0 bridgehead atoms. The first kappa shape index (κ1) is 14.0. The van der Waals surface area contributed by atoms with E-state index in [4.69, 9.17) is 9.84 Å². The molecular formula is C14H17N3O3. The summed E-state index contributed by atoms with van der Waals surface area (Å²) in [6.45, 7) is 5.12. The lowest BCUT2D eigenvalue weighted by Crippen LogP contribution is -2.13. The van der Waals surface area contributed by atoms with Gasteiger partial charge in [-0.15, -0.1) is 0 Å². The molecule has 0 spiro atoms. The number of ether oxygens (including phenoxy) is 1. The van der Waals surface area contributed by atoms with Gasteiger partial charge in [0.25, 0.3) is 0 Å². The van der Waals surface area contributed by atoms with Crippen LogP contribution in [-0.4, -0.2) is 25.8 Å². The van der Waals surface area contributed by atoms with E-state index in [0.29, 0.717) is 17.5 Å². The Bertz CT molecular complexity index is 593. The molecule has 0 amide bonds. The molecule has 1 aromatic carbocycles. The van der Waals surface area contributed by atoms with Crippen LogP contribution in [0, 0.1) is 5.92 Å². The van der Waals surface area contributed by atoms with Crippen LogP contribution in [0.15, 0.2) is 30.6 Å². The summed E-state index contributed by atoms with van der Waals surface area (Å²) in [5.74, 6) is 0.448. The van der Waals surface area contributed by atoms with Crippen molar-refractivity contribution in [1.82, 2.24) is 14.8 Å². The number of para-hydroxylation sites is 1. The monoisotopic (exact) mass is 275 g/mol. The summed E-state index contributed by atoms with van der Waals surface area (Å²) in [5, 5.41) is 13.2. The molecule has 0 atom stereocenters. The molecule has 0 aliphatic rings. The van der Waals surface area contributed by atoms with Crippen molar-refractivity contribution in [3.8, 4) is 5.75 Å². The van der Waals surface area contributed by atoms with Gasteiger partial charge in [-0.05, 0) is 18.1 Å². The summed E-state index contributed by atoms with van der Waals surface area (Å²) >= 11 is 0. The molecule has 0 radical (unpaired) electrons. The van der Waals surface area contributed by atoms with Gasteiger partial charge in [0.05, 0.1) is 0 Å². The van der Waals surface area contributed by atoms with Gasteiger partial charge < -0.3 is 9.84 Å². The number of aromatic nitrogens is 3. The molecule has 1 N–H and O–H groups in total. The first-order valence-corrected chi connectivity index (χ1v) is 6.39. The zero-order valence-electron chi connectivity index (χ0n) is 11.5. The van der Waals surface area contributed by atoms with E-state index in [1.807, 2.05) is 0 Å². The highest BCUT2D eigenvalue weighted by molar-refractivity contribution is 5.90. The maximum absolute atomic E-state index is 11.1. The maximum atomic E-state index is 11.1. The minimum Gasteiger partial charge on any atom is -0.485 e. The van der Waals surface area contributed by atoms with Crippen molar-refractivity contribution < 1.29 is 14.6 Å². The Morgan fingerprint density at radius 2 is 2.15 bits per heavy atom. The van der Waals surface area contributed by atoms with Gasteiger partial charge in [-0.1, -0.05) is 26.0 Å². The Hall–Kier alpha value is -2.37. The molecule has 0 fully saturated rings. The average Bonchev–Trinajstić information content (AvgIpc) is 2.83. The number of hydrogen-bond acceptors (Lipinski definition) is 4. The lowest BCUT2D eigenvalue weighted by molar-refractivity contribution is 0.0691. The normalized spacial score (nSPS) is 10.8. The molecule has 0 saturated heterocycles. The van der Waals surface area contributed by atoms with Crippen LogP contribution in [0.5, 0.6) is 5.75 Å². The van der Waals surface area contributed by atoms with Crippen LogP contribution in [-0.2, 0) is 13.2 Å². The molecule has 6 heteroatoms. The number of benzene rings is 1. The molecular weight excluding hydrogens is 258 g/mol. The number of carboxylic acids is 1. The third-order valence-electron chi connectivity index (χ3n) is 2.71. The number of aromatic carboxylic acids is 1. The van der Waals surface area contributed by atoms with Gasteiger partial charge in [-0.25, -0.2) is 14.5 Å². The number of hydrogen-bond donors (Lipinski definition) is 1. The first-order valence-electron chi connectivity index (χ1n) is 6.39. The van der Waals surface area contributed by atoms with Crippen molar-refractivity contribution in [2.24, 2.45) is 5.92 Å². The second kappa shape index (κ2) is 6.18. The fourth-order valence-electron chi connectivity index (χ4n) is 1.81. The number of carbonyl (C=O) groups is 1. The van der Waals surface area contributed by atoms with Gasteiger partial charge in [0.2, 0.25) is 0 Å². The molecule has 2 aromatic rings. The van der Waals surface area contributed by atoms with Crippen molar-refractivity contribution in [1.29, 1.82) is 0 Å². The summed E-state index contributed by atoms with van der Waals surface area (Å²) in [4.78, 5) is 15.2. The van der Waals surface area contributed by atoms with Crippen molar-refractivity contribution in [3.63, 3.8) is 0 Å². The highest BCUT2D eigenvalue weighted by Crippen LogP contribution is 2.19. The van der Waals surface area contributed by atoms with E-state index < -0.39 is 5.97 Å². The number of carboxylic acid groups (broad SMARTS) is 1. The van der Waals surface area contributed by atoms with Crippen molar-refractivity contribution in [2.75, 3.05) is 0 Å². The van der Waals surface area contributed by atoms with Gasteiger partial charge in [-0.3, -0.25) is 0 Å². The first-order chi connectivity index (χ1) is 9.58. The largest absolute Gasteiger partial charge is 0.485 e. The molecule has 0 unspecified atom stereocenters. The van der Waals surface area contributed by atoms with E-state index >= 15 is 0 Å². The SMILES string of the molecule is CC(C)Cn1ncnc1COc1ccccc1C(=O)O. The second-order valence-corrected chi connectivity index (χ2v) is 4.84. The highest BCUT2D eigenvalue weighted by Gasteiger charge is 2.12. The van der Waals surface area contributed by atoms with Gasteiger partial charge >= 0.3 is 5.97 Å². The minimum atomic E-state index is -1.01. The number of nitrogens with zero attached hydrogens (tertiary/aromatic N) is 3. The summed E-state index contributed by atoms with van der Waals surface area (Å²) in [5.41, 5.74) is 0.141. The van der Waals surface area contributed by atoms with Crippen LogP contribution in [0.3, 0.4) is 0 Å². The quantitative estimate of drug-likeness (QED) is 0.874. The maximum Gasteiger partial charge on any atom is 0.339 e. The Balaban J connectivity index is 2.10. The van der Waals surface area contributed by atoms with Crippen molar-refractivity contribution >= 4 is 5.97 Å². The van der Waals surface area contributed by atoms with Gasteiger partial charge in [-0.2, -0.15) is 5.10 Å². The van der Waals surface area contributed by atoms with E-state index in [1.54, 1.807) is 22.9 Å². The van der Waals surface area contributed by atoms with E-state index in [2.05, 4.69) is 23.9 Å². The predicted molar refractivity (Wildman–Crippen MR) is 72.6 cm³/mol. The zero-order valence-corrected chi connectivity index (χ0v) is 11.5. The topological polar surface area (TPSA) is 77.2 Å². The Morgan fingerprint density at radius 1 is 1.40 bits per heavy atom. The third kappa shape index (κ3) is 3.34. The van der Waals surface area contributed by atoms with E-state index in [1.165, 1.54) is 12.4 Å². The lowest BCUT2D eigenvalue weighted by Gasteiger charge is -2.11. The Morgan fingerprint density at radius 3 is 2.85 bits per heavy atom. The van der Waals surface area contributed by atoms with Crippen LogP contribution < -0.4 is 4.74 Å². The number of rotatable bonds is 6. The predicted octanol–water partition coefficient (Wildman–Crippen LogP) is 2.21. The molecule has 106 valence electrons. The Labute approximate surface area is 117 Å². The fraction of sp³-hybridized carbons (Fsp3) is 0.357. The van der Waals surface area contributed by atoms with Crippen LogP contribution in [0.25, 0.3) is 0 Å². The van der Waals surface area contributed by atoms with Gasteiger partial charge in [0.15, 0.2) is 5.82 Å². The fourth-order valence-corrected chi connectivity index (χ4v) is 1.81. The van der Waals surface area contributed by atoms with Crippen LogP contribution in [0.2, 0.25) is 0 Å². The molecule has 1 heterocycles. The van der Waals surface area contributed by atoms with Gasteiger partial charge in [0, 0.05) is 6.54 Å². The van der Waals surface area contributed by atoms with E-state index in [9.17, 15) is 4.79 Å². The minimum absolute atomic E-state index is 0.141. The van der Waals surface area contributed by atoms with Crippen molar-refractivity contribution in [2.45, 2.75) is 27.0 Å². The summed E-state index contributed by atoms with van der Waals surface area (Å²) in [6.07, 6.45) is 1.48. The molecule has 0 saturated carbocycles. The molecule has 6 nitrogen and oxygen atoms in total. The third-order valence-corrected chi connectivity index (χ3v) is 2.71. The standard InChI is InChI=1S/C14H17N3O3/c1-10(2)7-17-13(15-9-16-17)8-20-12-6-4-3-5-11(12)14(18)19/h3-6,9-10H,7-8H2,1-2H3,(H,18,19). The smallest absolute Gasteiger partial charge is 0.339 e. The van der Waals surface area contributed by atoms with Crippen molar-refractivity contribution in [3.05, 3.63) is 42.0 Å². The molecule has 0 aliphatic carbocycles. The second-order valence-electron chi connectivity index (χ2n) is 4.84. The van der Waals surface area contributed by atoms with E-state index in [0.717, 1.165) is 6.54 Å². The molecule has 2 rings (SSSR count). The average molecular weight is 275 g/mol. The highest BCUT2D eigenvalue weighted by atomic mass is 16.5. The summed E-state index contributed by atoms with van der Waals surface area (Å²) in [7, 11) is 0.